The second kappa shape index (κ2) is 8.96. The van der Waals surface area contributed by atoms with E-state index in [2.05, 4.69) is 7.05 Å². The molecule has 3 aliphatic carbocycles. The van der Waals surface area contributed by atoms with Gasteiger partial charge in [-0.05, 0) is 41.8 Å². The minimum atomic E-state index is -0.229. The first kappa shape index (κ1) is 23.3. The summed E-state index contributed by atoms with van der Waals surface area (Å²) in [5, 5.41) is 10.4. The lowest BCUT2D eigenvalue weighted by atomic mass is 9.64. The molecule has 0 amide bonds. The van der Waals surface area contributed by atoms with Crippen LogP contribution in [0.15, 0.2) is 47.7 Å². The van der Waals surface area contributed by atoms with E-state index in [9.17, 15) is 9.90 Å². The van der Waals surface area contributed by atoms with Crippen LogP contribution in [0.4, 0.5) is 0 Å². The SMILES string of the molecule is COC1=C[C@@H]2C3=C([C@@H]2C1=O)[C@H]([NH+](C)Cc1ccccc1O)CCc1cc(OC)c(OC)c(OC)c13. The summed E-state index contributed by atoms with van der Waals surface area (Å²) in [5.41, 5.74) is 5.28. The summed E-state index contributed by atoms with van der Waals surface area (Å²) in [7, 11) is 8.56. The summed E-state index contributed by atoms with van der Waals surface area (Å²) in [6.07, 6.45) is 3.60. The van der Waals surface area contributed by atoms with Crippen molar-refractivity contribution in [3.63, 3.8) is 0 Å². The standard InChI is InChI=1S/C28H31NO6/c1-29(14-16-8-6-7-9-19(16)30)18-11-10-15-12-21(33-3)27(34-4)28(35-5)22(15)23-17-13-20(32-2)26(31)24(17)25(18)23/h6-9,12-13,17-18,24,30H,10-11,14H2,1-5H3/p+1/t17-,18-,24-/m1/s1. The van der Waals surface area contributed by atoms with Crippen molar-refractivity contribution in [1.29, 1.82) is 0 Å². The minimum Gasteiger partial charge on any atom is -0.507 e. The molecule has 0 radical (unpaired) electrons. The van der Waals surface area contributed by atoms with Crippen LogP contribution in [-0.2, 0) is 22.5 Å². The Hall–Kier alpha value is -3.45. The quantitative estimate of drug-likeness (QED) is 0.637. The summed E-state index contributed by atoms with van der Waals surface area (Å²) >= 11 is 0. The van der Waals surface area contributed by atoms with Gasteiger partial charge in [0, 0.05) is 29.0 Å². The number of para-hydroxylation sites is 1. The fourth-order valence-corrected chi connectivity index (χ4v) is 6.14. The van der Waals surface area contributed by atoms with Crippen molar-refractivity contribution >= 4 is 11.4 Å². The van der Waals surface area contributed by atoms with Crippen LogP contribution in [-0.4, -0.2) is 52.4 Å². The van der Waals surface area contributed by atoms with Crippen LogP contribution >= 0.6 is 0 Å². The number of benzene rings is 2. The normalized spacial score (nSPS) is 23.3. The van der Waals surface area contributed by atoms with Gasteiger partial charge < -0.3 is 29.0 Å². The Kier molecular flexibility index (Phi) is 5.97. The topological polar surface area (TPSA) is 78.7 Å². The summed E-state index contributed by atoms with van der Waals surface area (Å²) in [4.78, 5) is 14.5. The van der Waals surface area contributed by atoms with Gasteiger partial charge in [-0.2, -0.15) is 0 Å². The van der Waals surface area contributed by atoms with Gasteiger partial charge in [0.15, 0.2) is 17.3 Å². The molecule has 1 unspecified atom stereocenters. The van der Waals surface area contributed by atoms with E-state index in [0.29, 0.717) is 35.3 Å². The van der Waals surface area contributed by atoms with Gasteiger partial charge in [0.05, 0.1) is 41.4 Å². The molecule has 0 heterocycles. The molecule has 3 aliphatic rings. The lowest BCUT2D eigenvalue weighted by Gasteiger charge is -2.41. The van der Waals surface area contributed by atoms with E-state index in [4.69, 9.17) is 18.9 Å². The molecule has 5 rings (SSSR count). The molecule has 2 N–H and O–H groups in total. The molecule has 0 bridgehead atoms. The van der Waals surface area contributed by atoms with Crippen molar-refractivity contribution in [2.75, 3.05) is 35.5 Å². The number of likely N-dealkylation sites (N-methyl/N-ethyl adjacent to an activating group) is 1. The number of carbonyl (C=O) groups is 1. The highest BCUT2D eigenvalue weighted by Crippen LogP contribution is 2.59. The third-order valence-electron chi connectivity index (χ3n) is 7.73. The van der Waals surface area contributed by atoms with Gasteiger partial charge in [-0.1, -0.05) is 12.1 Å². The van der Waals surface area contributed by atoms with Gasteiger partial charge in [0.1, 0.15) is 18.3 Å². The zero-order chi connectivity index (χ0) is 24.9. The molecule has 4 atom stereocenters. The fourth-order valence-electron chi connectivity index (χ4n) is 6.14. The van der Waals surface area contributed by atoms with E-state index in [0.717, 1.165) is 40.7 Å². The maximum absolute atomic E-state index is 13.3. The predicted octanol–water partition coefficient (Wildman–Crippen LogP) is 2.56. The van der Waals surface area contributed by atoms with Crippen molar-refractivity contribution in [2.24, 2.45) is 11.8 Å². The van der Waals surface area contributed by atoms with E-state index >= 15 is 0 Å². The summed E-state index contributed by atoms with van der Waals surface area (Å²) in [6.45, 7) is 0.643. The van der Waals surface area contributed by atoms with Crippen LogP contribution < -0.4 is 19.1 Å². The molecule has 0 spiro atoms. The highest BCUT2D eigenvalue weighted by atomic mass is 16.5. The van der Waals surface area contributed by atoms with Crippen LogP contribution in [0.25, 0.3) is 5.57 Å². The third-order valence-corrected chi connectivity index (χ3v) is 7.73. The second-order valence-electron chi connectivity index (χ2n) is 9.39. The van der Waals surface area contributed by atoms with Crippen molar-refractivity contribution in [2.45, 2.75) is 25.4 Å². The maximum atomic E-state index is 13.3. The number of carbonyl (C=O) groups excluding carboxylic acids is 1. The molecule has 2 aromatic rings. The summed E-state index contributed by atoms with van der Waals surface area (Å²) < 4.78 is 22.7. The lowest BCUT2D eigenvalue weighted by molar-refractivity contribution is -0.914. The number of hydrogen-bond donors (Lipinski definition) is 2. The number of phenolic OH excluding ortho intramolecular Hbond substituents is 1. The molecule has 2 aromatic carbocycles. The van der Waals surface area contributed by atoms with Crippen LogP contribution in [0.5, 0.6) is 23.0 Å². The first-order chi connectivity index (χ1) is 16.9. The monoisotopic (exact) mass is 478 g/mol. The van der Waals surface area contributed by atoms with Gasteiger partial charge >= 0.3 is 0 Å². The zero-order valence-electron chi connectivity index (χ0n) is 20.8. The summed E-state index contributed by atoms with van der Waals surface area (Å²) in [5.74, 6) is 2.29. The van der Waals surface area contributed by atoms with Crippen molar-refractivity contribution in [3.8, 4) is 23.0 Å². The molecule has 0 saturated carbocycles. The molecule has 0 aliphatic heterocycles. The number of aromatic hydroxyl groups is 1. The van der Waals surface area contributed by atoms with Gasteiger partial charge in [0.2, 0.25) is 11.5 Å². The lowest BCUT2D eigenvalue weighted by Crippen LogP contribution is -3.12. The van der Waals surface area contributed by atoms with E-state index in [1.807, 2.05) is 30.3 Å². The Labute approximate surface area is 205 Å². The van der Waals surface area contributed by atoms with Crippen molar-refractivity contribution in [3.05, 3.63) is 64.4 Å². The average molecular weight is 479 g/mol. The third kappa shape index (κ3) is 3.48. The zero-order valence-corrected chi connectivity index (χ0v) is 20.8. The Morgan fingerprint density at radius 2 is 1.77 bits per heavy atom. The highest BCUT2D eigenvalue weighted by molar-refractivity contribution is 6.08. The molecule has 0 fully saturated rings. The number of methoxy groups -OCH3 is 4. The largest absolute Gasteiger partial charge is 0.507 e. The maximum Gasteiger partial charge on any atom is 0.205 e. The number of allylic oxidation sites excluding steroid dienone is 3. The number of ketones is 1. The van der Waals surface area contributed by atoms with Gasteiger partial charge in [-0.15, -0.1) is 0 Å². The molecule has 7 nitrogen and oxygen atoms in total. The Morgan fingerprint density at radius 3 is 2.43 bits per heavy atom. The minimum absolute atomic E-state index is 0.0412. The number of Topliss-reactive ketones (excluding diaryl/α,β-unsaturated/α-hetero) is 1. The van der Waals surface area contributed by atoms with Crippen molar-refractivity contribution in [1.82, 2.24) is 0 Å². The number of phenols is 1. The predicted molar refractivity (Wildman–Crippen MR) is 131 cm³/mol. The Balaban J connectivity index is 1.66. The van der Waals surface area contributed by atoms with Crippen LogP contribution in [0.1, 0.15) is 23.1 Å². The number of ether oxygens (including phenoxy) is 4. The average Bonchev–Trinajstić information content (AvgIpc) is 3.04. The van der Waals surface area contributed by atoms with E-state index < -0.39 is 0 Å². The molecule has 0 saturated heterocycles. The van der Waals surface area contributed by atoms with E-state index in [1.165, 1.54) is 4.90 Å². The first-order valence-corrected chi connectivity index (χ1v) is 11.9. The molecule has 7 heteroatoms. The van der Waals surface area contributed by atoms with E-state index in [1.54, 1.807) is 34.5 Å². The molecular weight excluding hydrogens is 446 g/mol. The fraction of sp³-hybridized carbons (Fsp3) is 0.393. The number of fused-ring (bicyclic) bond motifs is 5. The number of aryl methyl sites for hydroxylation is 1. The Morgan fingerprint density at radius 1 is 1.03 bits per heavy atom. The highest BCUT2D eigenvalue weighted by Gasteiger charge is 2.55. The number of nitrogens with one attached hydrogen (secondary N) is 1. The summed E-state index contributed by atoms with van der Waals surface area (Å²) in [6, 6.07) is 9.56. The van der Waals surface area contributed by atoms with E-state index in [-0.39, 0.29) is 23.7 Å². The number of rotatable bonds is 7. The smallest absolute Gasteiger partial charge is 0.205 e. The number of hydrogen-bond acceptors (Lipinski definition) is 6. The van der Waals surface area contributed by atoms with Gasteiger partial charge in [-0.3, -0.25) is 4.79 Å². The van der Waals surface area contributed by atoms with Crippen molar-refractivity contribution < 1.29 is 33.7 Å². The Bertz CT molecular complexity index is 1250. The molecule has 35 heavy (non-hydrogen) atoms. The molecule has 0 aromatic heterocycles. The molecular formula is C28H32NO6+. The number of quaternary nitrogens is 1. The van der Waals surface area contributed by atoms with Crippen LogP contribution in [0.2, 0.25) is 0 Å². The second-order valence-corrected chi connectivity index (χ2v) is 9.39. The van der Waals surface area contributed by atoms with Gasteiger partial charge in [0.25, 0.3) is 0 Å². The van der Waals surface area contributed by atoms with Crippen LogP contribution in [0, 0.1) is 11.8 Å². The van der Waals surface area contributed by atoms with Crippen LogP contribution in [0.3, 0.4) is 0 Å². The van der Waals surface area contributed by atoms with Gasteiger partial charge in [-0.25, -0.2) is 0 Å². The first-order valence-electron chi connectivity index (χ1n) is 11.9. The molecule has 184 valence electrons.